The molecule has 1 heterocycles. The number of allylic oxidation sites excluding steroid dienone is 3. The quantitative estimate of drug-likeness (QED) is 0.624. The van der Waals surface area contributed by atoms with Crippen LogP contribution >= 0.6 is 11.8 Å². The Balaban J connectivity index is 3.62. The molecule has 20 heavy (non-hydrogen) atoms. The molecule has 0 amide bonds. The van der Waals surface area contributed by atoms with Gasteiger partial charge in [-0.1, -0.05) is 27.7 Å². The highest BCUT2D eigenvalue weighted by atomic mass is 32.2. The highest BCUT2D eigenvalue weighted by Crippen LogP contribution is 2.48. The average molecular weight is 296 g/mol. The van der Waals surface area contributed by atoms with Crippen molar-refractivity contribution in [3.8, 4) is 0 Å². The summed E-state index contributed by atoms with van der Waals surface area (Å²) in [5.41, 5.74) is 4.48. The van der Waals surface area contributed by atoms with Crippen LogP contribution in [-0.4, -0.2) is 15.7 Å². The molecule has 0 aromatic carbocycles. The first-order chi connectivity index (χ1) is 9.00. The smallest absolute Gasteiger partial charge is 0.0373 e. The Kier molecular flexibility index (Phi) is 5.46. The summed E-state index contributed by atoms with van der Waals surface area (Å²) in [6, 6.07) is 0.505. The van der Waals surface area contributed by atoms with Crippen molar-refractivity contribution >= 4 is 11.8 Å². The Morgan fingerprint density at radius 1 is 0.900 bits per heavy atom. The molecule has 1 aliphatic rings. The van der Waals surface area contributed by atoms with Crippen molar-refractivity contribution < 1.29 is 0 Å². The molecule has 0 atom stereocenters. The van der Waals surface area contributed by atoms with E-state index in [1.807, 2.05) is 0 Å². The van der Waals surface area contributed by atoms with E-state index in [-0.39, 0.29) is 4.75 Å². The monoisotopic (exact) mass is 295 g/mol. The first-order valence-corrected chi connectivity index (χ1v) is 8.72. The molecule has 116 valence electrons. The second-order valence-corrected chi connectivity index (χ2v) is 9.01. The zero-order valence-corrected chi connectivity index (χ0v) is 15.9. The van der Waals surface area contributed by atoms with Gasteiger partial charge in [0.05, 0.1) is 0 Å². The van der Waals surface area contributed by atoms with Gasteiger partial charge in [0.25, 0.3) is 0 Å². The van der Waals surface area contributed by atoms with Gasteiger partial charge in [-0.2, -0.15) is 0 Å². The third-order valence-electron chi connectivity index (χ3n) is 4.27. The number of thioether (sulfide) groups is 1. The molecular weight excluding hydrogens is 262 g/mol. The first-order valence-electron chi connectivity index (χ1n) is 7.91. The van der Waals surface area contributed by atoms with Crippen LogP contribution in [0.15, 0.2) is 21.9 Å². The summed E-state index contributed by atoms with van der Waals surface area (Å²) in [5.74, 6) is 1.13. The lowest BCUT2D eigenvalue weighted by Gasteiger charge is -2.36. The highest BCUT2D eigenvalue weighted by molar-refractivity contribution is 8.04. The Morgan fingerprint density at radius 2 is 1.40 bits per heavy atom. The van der Waals surface area contributed by atoms with Gasteiger partial charge < -0.3 is 4.90 Å². The van der Waals surface area contributed by atoms with Gasteiger partial charge in [0.2, 0.25) is 0 Å². The lowest BCUT2D eigenvalue weighted by atomic mass is 9.98. The second-order valence-electron chi connectivity index (χ2n) is 7.35. The maximum Gasteiger partial charge on any atom is 0.0373 e. The summed E-state index contributed by atoms with van der Waals surface area (Å²) in [5, 5.41) is 0. The molecule has 0 unspecified atom stereocenters. The highest BCUT2D eigenvalue weighted by Gasteiger charge is 2.35. The van der Waals surface area contributed by atoms with Crippen molar-refractivity contribution in [2.75, 3.05) is 0 Å². The van der Waals surface area contributed by atoms with Gasteiger partial charge in [0, 0.05) is 27.1 Å². The molecule has 2 heteroatoms. The molecule has 1 rings (SSSR count). The molecule has 0 saturated carbocycles. The van der Waals surface area contributed by atoms with Crippen molar-refractivity contribution in [3.05, 3.63) is 21.9 Å². The third kappa shape index (κ3) is 3.27. The maximum atomic E-state index is 2.58. The largest absolute Gasteiger partial charge is 0.345 e. The summed E-state index contributed by atoms with van der Waals surface area (Å²) in [6.07, 6.45) is 0. The standard InChI is InChI=1S/C18H33NS/c1-11(2)16-17(12(3)4)20-18(9,10)14(7)15(8)19(16)13(5)6/h11-13H,1-10H3. The van der Waals surface area contributed by atoms with E-state index in [0.717, 1.165) is 0 Å². The Bertz CT molecular complexity index is 425. The predicted octanol–water partition coefficient (Wildman–Crippen LogP) is 6.04. The molecule has 0 spiro atoms. The Hall–Kier alpha value is -0.370. The maximum absolute atomic E-state index is 2.58. The summed E-state index contributed by atoms with van der Waals surface area (Å²) in [4.78, 5) is 4.15. The van der Waals surface area contributed by atoms with Crippen molar-refractivity contribution in [1.82, 2.24) is 4.90 Å². The minimum atomic E-state index is 0.174. The van der Waals surface area contributed by atoms with E-state index in [4.69, 9.17) is 0 Å². The normalized spacial score (nSPS) is 20.6. The van der Waals surface area contributed by atoms with Gasteiger partial charge in [-0.05, 0) is 59.0 Å². The van der Waals surface area contributed by atoms with E-state index in [1.54, 1.807) is 4.91 Å². The molecule has 0 aromatic rings. The first kappa shape index (κ1) is 17.7. The SMILES string of the molecule is CC1=C(C)C(C)(C)SC(C(C)C)=C(C(C)C)N1C(C)C. The molecular formula is C18H33NS. The molecule has 0 radical (unpaired) electrons. The minimum Gasteiger partial charge on any atom is -0.345 e. The second kappa shape index (κ2) is 6.17. The summed E-state index contributed by atoms with van der Waals surface area (Å²) in [6.45, 7) is 23.2. The van der Waals surface area contributed by atoms with Crippen LogP contribution in [0.5, 0.6) is 0 Å². The molecule has 0 saturated heterocycles. The molecule has 0 N–H and O–H groups in total. The van der Waals surface area contributed by atoms with Crippen LogP contribution in [0, 0.1) is 11.8 Å². The molecule has 0 aromatic heterocycles. The van der Waals surface area contributed by atoms with E-state index >= 15 is 0 Å². The van der Waals surface area contributed by atoms with Crippen molar-refractivity contribution in [3.63, 3.8) is 0 Å². The lowest BCUT2D eigenvalue weighted by molar-refractivity contribution is 0.314. The van der Waals surface area contributed by atoms with Crippen molar-refractivity contribution in [1.29, 1.82) is 0 Å². The summed E-state index contributed by atoms with van der Waals surface area (Å²) in [7, 11) is 0. The average Bonchev–Trinajstić information content (AvgIpc) is 2.37. The van der Waals surface area contributed by atoms with E-state index in [9.17, 15) is 0 Å². The van der Waals surface area contributed by atoms with E-state index in [2.05, 4.69) is 85.9 Å². The zero-order chi connectivity index (χ0) is 15.8. The topological polar surface area (TPSA) is 3.24 Å². The van der Waals surface area contributed by atoms with E-state index in [1.165, 1.54) is 17.0 Å². The van der Waals surface area contributed by atoms with Crippen LogP contribution in [0.4, 0.5) is 0 Å². The Labute approximate surface area is 130 Å². The number of rotatable bonds is 3. The third-order valence-corrected chi connectivity index (χ3v) is 5.99. The van der Waals surface area contributed by atoms with Crippen LogP contribution in [0.25, 0.3) is 0 Å². The van der Waals surface area contributed by atoms with Crippen molar-refractivity contribution in [2.24, 2.45) is 11.8 Å². The van der Waals surface area contributed by atoms with Crippen LogP contribution < -0.4 is 0 Å². The molecule has 0 aliphatic carbocycles. The van der Waals surface area contributed by atoms with Crippen LogP contribution in [0.2, 0.25) is 0 Å². The molecule has 0 fully saturated rings. The van der Waals surface area contributed by atoms with E-state index < -0.39 is 0 Å². The van der Waals surface area contributed by atoms with Crippen LogP contribution in [0.3, 0.4) is 0 Å². The number of hydrogen-bond acceptors (Lipinski definition) is 2. The summed E-state index contributed by atoms with van der Waals surface area (Å²) < 4.78 is 0.174. The van der Waals surface area contributed by atoms with Crippen LogP contribution in [-0.2, 0) is 0 Å². The van der Waals surface area contributed by atoms with Gasteiger partial charge in [0.1, 0.15) is 0 Å². The van der Waals surface area contributed by atoms with Gasteiger partial charge in [-0.25, -0.2) is 0 Å². The fraction of sp³-hybridized carbons (Fsp3) is 0.778. The van der Waals surface area contributed by atoms with Gasteiger partial charge in [0.15, 0.2) is 0 Å². The van der Waals surface area contributed by atoms with Crippen LogP contribution in [0.1, 0.15) is 69.2 Å². The number of hydrogen-bond donors (Lipinski definition) is 0. The lowest BCUT2D eigenvalue weighted by Crippen LogP contribution is -2.32. The molecule has 1 aliphatic heterocycles. The van der Waals surface area contributed by atoms with Gasteiger partial charge in [-0.3, -0.25) is 0 Å². The molecule has 1 nitrogen and oxygen atoms in total. The summed E-state index contributed by atoms with van der Waals surface area (Å²) >= 11 is 2.07. The zero-order valence-electron chi connectivity index (χ0n) is 15.1. The van der Waals surface area contributed by atoms with Gasteiger partial charge in [-0.15, -0.1) is 11.8 Å². The fourth-order valence-electron chi connectivity index (χ4n) is 2.96. The van der Waals surface area contributed by atoms with Crippen molar-refractivity contribution in [2.45, 2.75) is 80.0 Å². The van der Waals surface area contributed by atoms with E-state index in [0.29, 0.717) is 17.9 Å². The number of nitrogens with zero attached hydrogens (tertiary/aromatic N) is 1. The van der Waals surface area contributed by atoms with Gasteiger partial charge >= 0.3 is 0 Å². The fourth-order valence-corrected chi connectivity index (χ4v) is 4.49. The molecule has 0 bridgehead atoms. The Morgan fingerprint density at radius 3 is 1.75 bits per heavy atom. The predicted molar refractivity (Wildman–Crippen MR) is 93.7 cm³/mol. The minimum absolute atomic E-state index is 0.174.